The third kappa shape index (κ3) is 2.56. The minimum Gasteiger partial charge on any atom is -0.445 e. The van der Waals surface area contributed by atoms with E-state index >= 15 is 0 Å². The number of hydrogen-bond donors (Lipinski definition) is 0. The molecule has 1 heterocycles. The SMILES string of the molecule is C#CCC1(OC(=O)C(=C)C)c2ccccc2Sc2ccccc21. The lowest BCUT2D eigenvalue weighted by molar-refractivity contribution is -0.152. The van der Waals surface area contributed by atoms with Crippen molar-refractivity contribution in [3.63, 3.8) is 0 Å². The second-order valence-electron chi connectivity index (χ2n) is 5.47. The number of benzene rings is 2. The van der Waals surface area contributed by atoms with Gasteiger partial charge in [0.25, 0.3) is 0 Å². The van der Waals surface area contributed by atoms with Gasteiger partial charge in [-0.2, -0.15) is 0 Å². The van der Waals surface area contributed by atoms with E-state index in [0.717, 1.165) is 20.9 Å². The molecule has 3 heteroatoms. The molecule has 0 saturated heterocycles. The lowest BCUT2D eigenvalue weighted by Gasteiger charge is -2.38. The predicted octanol–water partition coefficient (Wildman–Crippen LogP) is 4.54. The van der Waals surface area contributed by atoms with Crippen LogP contribution in [0.5, 0.6) is 0 Å². The van der Waals surface area contributed by atoms with Gasteiger partial charge in [-0.15, -0.1) is 12.3 Å². The molecular formula is C20H16O2S. The smallest absolute Gasteiger partial charge is 0.334 e. The Morgan fingerprint density at radius 1 is 1.17 bits per heavy atom. The molecule has 0 fully saturated rings. The molecule has 23 heavy (non-hydrogen) atoms. The highest BCUT2D eigenvalue weighted by molar-refractivity contribution is 7.99. The minimum absolute atomic E-state index is 0.278. The summed E-state index contributed by atoms with van der Waals surface area (Å²) in [5, 5.41) is 0. The number of terminal acetylenes is 1. The molecule has 2 nitrogen and oxygen atoms in total. The Labute approximate surface area is 140 Å². The van der Waals surface area contributed by atoms with Crippen LogP contribution in [0.2, 0.25) is 0 Å². The third-order valence-corrected chi connectivity index (χ3v) is 4.98. The molecule has 0 unspecified atom stereocenters. The first-order valence-electron chi connectivity index (χ1n) is 7.27. The first-order valence-corrected chi connectivity index (χ1v) is 8.09. The van der Waals surface area contributed by atoms with Gasteiger partial charge in [0, 0.05) is 26.5 Å². The molecule has 0 amide bonds. The number of ether oxygens (including phenoxy) is 1. The van der Waals surface area contributed by atoms with E-state index in [4.69, 9.17) is 11.2 Å². The van der Waals surface area contributed by atoms with E-state index in [1.54, 1.807) is 18.7 Å². The molecular weight excluding hydrogens is 304 g/mol. The van der Waals surface area contributed by atoms with Crippen LogP contribution in [-0.4, -0.2) is 5.97 Å². The van der Waals surface area contributed by atoms with E-state index < -0.39 is 11.6 Å². The molecule has 0 atom stereocenters. The summed E-state index contributed by atoms with van der Waals surface area (Å²) in [5.74, 6) is 2.25. The van der Waals surface area contributed by atoms with Gasteiger partial charge in [0.05, 0.1) is 6.42 Å². The van der Waals surface area contributed by atoms with E-state index in [0.29, 0.717) is 5.57 Å². The Bertz CT molecular complexity index is 784. The highest BCUT2D eigenvalue weighted by Crippen LogP contribution is 2.51. The van der Waals surface area contributed by atoms with Crippen molar-refractivity contribution in [3.05, 3.63) is 71.8 Å². The number of rotatable bonds is 3. The Hall–Kier alpha value is -2.44. The van der Waals surface area contributed by atoms with Crippen molar-refractivity contribution >= 4 is 17.7 Å². The topological polar surface area (TPSA) is 26.3 Å². The summed E-state index contributed by atoms with van der Waals surface area (Å²) in [6, 6.07) is 15.8. The summed E-state index contributed by atoms with van der Waals surface area (Å²) in [6.45, 7) is 5.33. The Balaban J connectivity index is 2.26. The van der Waals surface area contributed by atoms with Gasteiger partial charge in [-0.1, -0.05) is 54.7 Å². The summed E-state index contributed by atoms with van der Waals surface area (Å²) >= 11 is 1.66. The molecule has 0 spiro atoms. The number of esters is 1. The van der Waals surface area contributed by atoms with Gasteiger partial charge in [0.1, 0.15) is 0 Å². The molecule has 0 N–H and O–H groups in total. The van der Waals surface area contributed by atoms with Crippen LogP contribution in [0, 0.1) is 12.3 Å². The van der Waals surface area contributed by atoms with Crippen molar-refractivity contribution in [3.8, 4) is 12.3 Å². The molecule has 114 valence electrons. The van der Waals surface area contributed by atoms with Gasteiger partial charge >= 0.3 is 5.97 Å². The van der Waals surface area contributed by atoms with Crippen molar-refractivity contribution in [1.82, 2.24) is 0 Å². The molecule has 3 rings (SSSR count). The normalized spacial score (nSPS) is 14.1. The summed E-state index contributed by atoms with van der Waals surface area (Å²) in [5.41, 5.74) is 1.24. The number of fused-ring (bicyclic) bond motifs is 2. The van der Waals surface area contributed by atoms with Crippen molar-refractivity contribution < 1.29 is 9.53 Å². The first-order chi connectivity index (χ1) is 11.1. The molecule has 0 aromatic heterocycles. The van der Waals surface area contributed by atoms with Crippen LogP contribution < -0.4 is 0 Å². The quantitative estimate of drug-likeness (QED) is 0.472. The Kier molecular flexibility index (Phi) is 4.02. The average Bonchev–Trinajstić information content (AvgIpc) is 2.55. The molecule has 0 bridgehead atoms. The summed E-state index contributed by atoms with van der Waals surface area (Å²) in [7, 11) is 0. The van der Waals surface area contributed by atoms with Gasteiger partial charge in [0.15, 0.2) is 5.60 Å². The zero-order valence-corrected chi connectivity index (χ0v) is 13.7. The van der Waals surface area contributed by atoms with Crippen LogP contribution >= 0.6 is 11.8 Å². The average molecular weight is 320 g/mol. The van der Waals surface area contributed by atoms with E-state index in [2.05, 4.69) is 12.5 Å². The van der Waals surface area contributed by atoms with Gasteiger partial charge in [-0.25, -0.2) is 4.79 Å². The first kappa shape index (κ1) is 15.5. The van der Waals surface area contributed by atoms with Crippen LogP contribution in [0.15, 0.2) is 70.5 Å². The Morgan fingerprint density at radius 3 is 2.17 bits per heavy atom. The second kappa shape index (κ2) is 5.98. The van der Waals surface area contributed by atoms with Crippen molar-refractivity contribution in [2.45, 2.75) is 28.7 Å². The molecule has 0 radical (unpaired) electrons. The maximum atomic E-state index is 12.3. The van der Waals surface area contributed by atoms with Crippen LogP contribution in [0.3, 0.4) is 0 Å². The fourth-order valence-corrected chi connectivity index (χ4v) is 3.98. The number of hydrogen-bond acceptors (Lipinski definition) is 3. The largest absolute Gasteiger partial charge is 0.445 e. The molecule has 2 aromatic carbocycles. The molecule has 1 aliphatic heterocycles. The molecule has 0 aliphatic carbocycles. The summed E-state index contributed by atoms with van der Waals surface area (Å²) in [6.07, 6.45) is 5.92. The van der Waals surface area contributed by atoms with Gasteiger partial charge in [-0.3, -0.25) is 0 Å². The minimum atomic E-state index is -0.969. The second-order valence-corrected chi connectivity index (χ2v) is 6.56. The van der Waals surface area contributed by atoms with E-state index in [-0.39, 0.29) is 6.42 Å². The van der Waals surface area contributed by atoms with Crippen LogP contribution in [0.4, 0.5) is 0 Å². The summed E-state index contributed by atoms with van der Waals surface area (Å²) < 4.78 is 5.94. The third-order valence-electron chi connectivity index (χ3n) is 3.83. The van der Waals surface area contributed by atoms with Gasteiger partial charge in [0.2, 0.25) is 0 Å². The van der Waals surface area contributed by atoms with E-state index in [1.165, 1.54) is 0 Å². The summed E-state index contributed by atoms with van der Waals surface area (Å²) in [4.78, 5) is 14.4. The van der Waals surface area contributed by atoms with Crippen molar-refractivity contribution in [2.75, 3.05) is 0 Å². The number of carbonyl (C=O) groups excluding carboxylic acids is 1. The highest BCUT2D eigenvalue weighted by atomic mass is 32.2. The van der Waals surface area contributed by atoms with Crippen LogP contribution in [0.25, 0.3) is 0 Å². The van der Waals surface area contributed by atoms with Crippen molar-refractivity contribution in [2.24, 2.45) is 0 Å². The maximum Gasteiger partial charge on any atom is 0.334 e. The zero-order valence-electron chi connectivity index (χ0n) is 12.8. The standard InChI is InChI=1S/C20H16O2S/c1-4-13-20(22-19(21)14(2)3)15-9-5-7-11-17(15)23-18-12-8-6-10-16(18)20/h1,5-12H,2,13H2,3H3. The van der Waals surface area contributed by atoms with Crippen molar-refractivity contribution in [1.29, 1.82) is 0 Å². The van der Waals surface area contributed by atoms with Crippen LogP contribution in [-0.2, 0) is 15.1 Å². The maximum absolute atomic E-state index is 12.3. The predicted molar refractivity (Wildman–Crippen MR) is 92.1 cm³/mol. The molecule has 2 aromatic rings. The van der Waals surface area contributed by atoms with E-state index in [1.807, 2.05) is 48.5 Å². The lowest BCUT2D eigenvalue weighted by atomic mass is 9.82. The lowest BCUT2D eigenvalue weighted by Crippen LogP contribution is -2.36. The monoisotopic (exact) mass is 320 g/mol. The highest BCUT2D eigenvalue weighted by Gasteiger charge is 2.44. The van der Waals surface area contributed by atoms with Crippen LogP contribution in [0.1, 0.15) is 24.5 Å². The number of carbonyl (C=O) groups is 1. The fourth-order valence-electron chi connectivity index (χ4n) is 2.77. The molecule has 0 saturated carbocycles. The van der Waals surface area contributed by atoms with Gasteiger partial charge < -0.3 is 4.74 Å². The fraction of sp³-hybridized carbons (Fsp3) is 0.150. The Morgan fingerprint density at radius 2 is 1.70 bits per heavy atom. The van der Waals surface area contributed by atoms with E-state index in [9.17, 15) is 4.79 Å². The zero-order chi connectivity index (χ0) is 16.4. The van der Waals surface area contributed by atoms with Gasteiger partial charge in [-0.05, 0) is 19.1 Å². The molecule has 1 aliphatic rings.